The number of amides is 1. The molecule has 4 nitrogen and oxygen atoms in total. The maximum Gasteiger partial charge on any atom is 0.261 e. The summed E-state index contributed by atoms with van der Waals surface area (Å²) in [6.45, 7) is 8.13. The molecular formula is C15H24BrClN2O2. The van der Waals surface area contributed by atoms with Crippen LogP contribution < -0.4 is 15.8 Å². The molecule has 21 heavy (non-hydrogen) atoms. The number of ether oxygens (including phenoxy) is 1. The van der Waals surface area contributed by atoms with Crippen molar-refractivity contribution < 1.29 is 9.53 Å². The minimum Gasteiger partial charge on any atom is -0.481 e. The zero-order valence-electron chi connectivity index (χ0n) is 12.9. The van der Waals surface area contributed by atoms with Crippen LogP contribution in [0.4, 0.5) is 0 Å². The van der Waals surface area contributed by atoms with E-state index in [1.807, 2.05) is 45.0 Å². The molecule has 0 saturated carbocycles. The van der Waals surface area contributed by atoms with Crippen molar-refractivity contribution in [3.05, 3.63) is 28.7 Å². The van der Waals surface area contributed by atoms with E-state index in [1.165, 1.54) is 0 Å². The lowest BCUT2D eigenvalue weighted by Crippen LogP contribution is -2.57. The molecule has 0 fully saturated rings. The van der Waals surface area contributed by atoms with Crippen molar-refractivity contribution in [2.75, 3.05) is 6.54 Å². The number of nitrogens with one attached hydrogen (secondary N) is 1. The highest BCUT2D eigenvalue weighted by Gasteiger charge is 2.30. The SMILES string of the molecule is CC(Oc1cccc(Br)c1)C(=O)NC(C)(CN)C(C)C.Cl. The summed E-state index contributed by atoms with van der Waals surface area (Å²) >= 11 is 3.37. The normalized spacial score (nSPS) is 14.8. The second-order valence-electron chi connectivity index (χ2n) is 5.48. The number of halogens is 2. The fourth-order valence-corrected chi connectivity index (χ4v) is 1.99. The van der Waals surface area contributed by atoms with Crippen molar-refractivity contribution in [3.8, 4) is 5.75 Å². The fraction of sp³-hybridized carbons (Fsp3) is 0.533. The van der Waals surface area contributed by atoms with Crippen LogP contribution in [0.5, 0.6) is 5.75 Å². The van der Waals surface area contributed by atoms with E-state index >= 15 is 0 Å². The van der Waals surface area contributed by atoms with Gasteiger partial charge in [-0.1, -0.05) is 35.8 Å². The quantitative estimate of drug-likeness (QED) is 0.798. The lowest BCUT2D eigenvalue weighted by atomic mass is 9.88. The van der Waals surface area contributed by atoms with Crippen LogP contribution in [-0.2, 0) is 4.79 Å². The predicted octanol–water partition coefficient (Wildman–Crippen LogP) is 3.13. The Morgan fingerprint density at radius 1 is 1.43 bits per heavy atom. The largest absolute Gasteiger partial charge is 0.481 e. The second-order valence-corrected chi connectivity index (χ2v) is 6.40. The van der Waals surface area contributed by atoms with Crippen LogP contribution in [-0.4, -0.2) is 24.1 Å². The number of carbonyl (C=O) groups excluding carboxylic acids is 1. The summed E-state index contributed by atoms with van der Waals surface area (Å²) in [5.74, 6) is 0.738. The summed E-state index contributed by atoms with van der Waals surface area (Å²) in [6.07, 6.45) is -0.575. The molecule has 120 valence electrons. The standard InChI is InChI=1S/C15H23BrN2O2.ClH/c1-10(2)15(4,9-17)18-14(19)11(3)20-13-7-5-6-12(16)8-13;/h5-8,10-11H,9,17H2,1-4H3,(H,18,19);1H. The van der Waals surface area contributed by atoms with Gasteiger partial charge in [-0.2, -0.15) is 0 Å². The molecule has 0 heterocycles. The number of hydrogen-bond donors (Lipinski definition) is 2. The summed E-state index contributed by atoms with van der Waals surface area (Å²) in [7, 11) is 0. The van der Waals surface area contributed by atoms with Gasteiger partial charge in [-0.05, 0) is 38.0 Å². The van der Waals surface area contributed by atoms with Gasteiger partial charge in [0.2, 0.25) is 0 Å². The van der Waals surface area contributed by atoms with Crippen molar-refractivity contribution >= 4 is 34.2 Å². The predicted molar refractivity (Wildman–Crippen MR) is 91.9 cm³/mol. The monoisotopic (exact) mass is 378 g/mol. The van der Waals surface area contributed by atoms with Gasteiger partial charge in [0, 0.05) is 11.0 Å². The smallest absolute Gasteiger partial charge is 0.261 e. The van der Waals surface area contributed by atoms with E-state index < -0.39 is 11.6 Å². The molecule has 1 aromatic rings. The van der Waals surface area contributed by atoms with Crippen LogP contribution in [0.15, 0.2) is 28.7 Å². The van der Waals surface area contributed by atoms with Crippen molar-refractivity contribution in [1.29, 1.82) is 0 Å². The Labute approximate surface area is 141 Å². The Morgan fingerprint density at radius 2 is 2.05 bits per heavy atom. The topological polar surface area (TPSA) is 64.3 Å². The summed E-state index contributed by atoms with van der Waals surface area (Å²) in [6, 6.07) is 7.41. The van der Waals surface area contributed by atoms with E-state index in [1.54, 1.807) is 6.92 Å². The lowest BCUT2D eigenvalue weighted by molar-refractivity contribution is -0.129. The van der Waals surface area contributed by atoms with E-state index in [2.05, 4.69) is 21.2 Å². The first-order chi connectivity index (χ1) is 9.28. The molecule has 0 radical (unpaired) electrons. The van der Waals surface area contributed by atoms with E-state index in [0.717, 1.165) is 4.47 Å². The van der Waals surface area contributed by atoms with Crippen molar-refractivity contribution in [3.63, 3.8) is 0 Å². The van der Waals surface area contributed by atoms with Crippen LogP contribution in [0.25, 0.3) is 0 Å². The van der Waals surface area contributed by atoms with Crippen LogP contribution in [0.2, 0.25) is 0 Å². The molecule has 0 aliphatic rings. The summed E-state index contributed by atoms with van der Waals surface area (Å²) in [5.41, 5.74) is 5.34. The average molecular weight is 380 g/mol. The van der Waals surface area contributed by atoms with Gasteiger partial charge < -0.3 is 15.8 Å². The highest BCUT2D eigenvalue weighted by molar-refractivity contribution is 9.10. The summed E-state index contributed by atoms with van der Waals surface area (Å²) < 4.78 is 6.56. The third-order valence-corrected chi connectivity index (χ3v) is 4.08. The summed E-state index contributed by atoms with van der Waals surface area (Å²) in [5, 5.41) is 2.98. The number of benzene rings is 1. The van der Waals surface area contributed by atoms with Gasteiger partial charge in [-0.25, -0.2) is 0 Å². The molecule has 3 N–H and O–H groups in total. The van der Waals surface area contributed by atoms with Crippen molar-refractivity contribution in [1.82, 2.24) is 5.32 Å². The van der Waals surface area contributed by atoms with Gasteiger partial charge >= 0.3 is 0 Å². The average Bonchev–Trinajstić information content (AvgIpc) is 2.38. The van der Waals surface area contributed by atoms with E-state index in [9.17, 15) is 4.79 Å². The van der Waals surface area contributed by atoms with Crippen molar-refractivity contribution in [2.24, 2.45) is 11.7 Å². The second kappa shape index (κ2) is 8.61. The Morgan fingerprint density at radius 3 is 2.52 bits per heavy atom. The molecule has 1 rings (SSSR count). The van der Waals surface area contributed by atoms with Gasteiger partial charge in [0.15, 0.2) is 6.10 Å². The van der Waals surface area contributed by atoms with E-state index in [0.29, 0.717) is 12.3 Å². The molecule has 2 atom stereocenters. The molecule has 0 spiro atoms. The van der Waals surface area contributed by atoms with Gasteiger partial charge in [-0.15, -0.1) is 12.4 Å². The lowest BCUT2D eigenvalue weighted by Gasteiger charge is -2.34. The molecule has 0 bridgehead atoms. The fourth-order valence-electron chi connectivity index (χ4n) is 1.61. The highest BCUT2D eigenvalue weighted by Crippen LogP contribution is 2.20. The molecule has 0 aliphatic carbocycles. The Kier molecular flexibility index (Phi) is 8.29. The third kappa shape index (κ3) is 5.85. The maximum atomic E-state index is 12.2. The Hall–Kier alpha value is -0.780. The number of carbonyl (C=O) groups is 1. The zero-order valence-corrected chi connectivity index (χ0v) is 15.3. The van der Waals surface area contributed by atoms with Crippen LogP contribution in [0.1, 0.15) is 27.7 Å². The number of hydrogen-bond acceptors (Lipinski definition) is 3. The first-order valence-electron chi connectivity index (χ1n) is 6.73. The van der Waals surface area contributed by atoms with Crippen LogP contribution in [0.3, 0.4) is 0 Å². The van der Waals surface area contributed by atoms with Crippen LogP contribution >= 0.6 is 28.3 Å². The minimum atomic E-state index is -0.575. The Balaban J connectivity index is 0.00000400. The molecule has 6 heteroatoms. The molecule has 1 aromatic carbocycles. The van der Waals surface area contributed by atoms with Gasteiger partial charge in [0.25, 0.3) is 5.91 Å². The van der Waals surface area contributed by atoms with Gasteiger partial charge in [-0.3, -0.25) is 4.79 Å². The molecule has 0 aliphatic heterocycles. The first kappa shape index (κ1) is 20.2. The first-order valence-corrected chi connectivity index (χ1v) is 7.52. The molecule has 0 aromatic heterocycles. The highest BCUT2D eigenvalue weighted by atomic mass is 79.9. The Bertz CT molecular complexity index is 471. The maximum absolute atomic E-state index is 12.2. The third-order valence-electron chi connectivity index (χ3n) is 3.59. The van der Waals surface area contributed by atoms with Gasteiger partial charge in [0.05, 0.1) is 5.54 Å². The van der Waals surface area contributed by atoms with Crippen molar-refractivity contribution in [2.45, 2.75) is 39.3 Å². The number of nitrogens with two attached hydrogens (primary N) is 1. The molecule has 0 saturated heterocycles. The summed E-state index contributed by atoms with van der Waals surface area (Å²) in [4.78, 5) is 12.2. The van der Waals surface area contributed by atoms with E-state index in [-0.39, 0.29) is 24.2 Å². The number of rotatable bonds is 6. The molecule has 2 unspecified atom stereocenters. The van der Waals surface area contributed by atoms with Gasteiger partial charge in [0.1, 0.15) is 5.75 Å². The molecule has 1 amide bonds. The minimum absolute atomic E-state index is 0. The van der Waals surface area contributed by atoms with E-state index in [4.69, 9.17) is 10.5 Å². The zero-order chi connectivity index (χ0) is 15.3. The van der Waals surface area contributed by atoms with Crippen LogP contribution in [0, 0.1) is 5.92 Å². The molecular weight excluding hydrogens is 356 g/mol.